The van der Waals surface area contributed by atoms with Crippen LogP contribution in [0.4, 0.5) is 17.5 Å². The molecule has 0 bridgehead atoms. The number of primary amides is 1. The summed E-state index contributed by atoms with van der Waals surface area (Å²) in [7, 11) is 3.88. The number of amides is 2. The standard InChI is InChI=1S/C30H33N9O2/c1-4-15-32-29-22(18-34-30(38-29)35-23-12-10-21(11-13-23)28(31)41)9-7-20-8-14-24-25(17-20)37-26(36-24)19-33-27(40)6-5-16-39(2)3/h5-6,8,10-14,17-18H,4,15-16,19H2,1-3H3,(H2,31,41)(H,33,40)(H,36,37)(H2,32,34,35,38)/b6-5+. The minimum absolute atomic E-state index is 0.171. The number of H-pyrrole nitrogens is 1. The average Bonchev–Trinajstić information content (AvgIpc) is 3.37. The fourth-order valence-corrected chi connectivity index (χ4v) is 3.72. The van der Waals surface area contributed by atoms with Gasteiger partial charge in [-0.2, -0.15) is 4.98 Å². The van der Waals surface area contributed by atoms with Crippen molar-refractivity contribution in [2.24, 2.45) is 5.73 Å². The highest BCUT2D eigenvalue weighted by Gasteiger charge is 2.08. The molecule has 11 nitrogen and oxygen atoms in total. The van der Waals surface area contributed by atoms with Crippen LogP contribution in [0.1, 0.15) is 40.7 Å². The molecule has 0 unspecified atom stereocenters. The van der Waals surface area contributed by atoms with E-state index in [0.717, 1.165) is 35.2 Å². The van der Waals surface area contributed by atoms with Gasteiger partial charge in [0.15, 0.2) is 0 Å². The van der Waals surface area contributed by atoms with Crippen LogP contribution < -0.4 is 21.7 Å². The average molecular weight is 552 g/mol. The molecule has 0 fully saturated rings. The van der Waals surface area contributed by atoms with Crippen LogP contribution in [0.5, 0.6) is 0 Å². The summed E-state index contributed by atoms with van der Waals surface area (Å²) in [5, 5.41) is 9.28. The smallest absolute Gasteiger partial charge is 0.248 e. The third kappa shape index (κ3) is 8.39. The van der Waals surface area contributed by atoms with Crippen LogP contribution in [0.3, 0.4) is 0 Å². The Kier molecular flexibility index (Phi) is 9.64. The Bertz CT molecular complexity index is 1610. The van der Waals surface area contributed by atoms with E-state index in [1.54, 1.807) is 30.5 Å². The van der Waals surface area contributed by atoms with Crippen molar-refractivity contribution in [1.82, 2.24) is 30.2 Å². The van der Waals surface area contributed by atoms with Crippen LogP contribution in [0.15, 0.2) is 60.8 Å². The Morgan fingerprint density at radius 3 is 2.63 bits per heavy atom. The molecule has 0 radical (unpaired) electrons. The zero-order valence-corrected chi connectivity index (χ0v) is 23.3. The van der Waals surface area contributed by atoms with Gasteiger partial charge >= 0.3 is 0 Å². The molecule has 0 saturated heterocycles. The summed E-state index contributed by atoms with van der Waals surface area (Å²) in [6.45, 7) is 3.78. The highest BCUT2D eigenvalue weighted by atomic mass is 16.1. The monoisotopic (exact) mass is 551 g/mol. The molecule has 0 saturated carbocycles. The highest BCUT2D eigenvalue weighted by Crippen LogP contribution is 2.19. The van der Waals surface area contributed by atoms with Gasteiger partial charge in [0.2, 0.25) is 17.8 Å². The van der Waals surface area contributed by atoms with Crippen molar-refractivity contribution in [1.29, 1.82) is 0 Å². The second-order valence-corrected chi connectivity index (χ2v) is 9.50. The molecule has 2 aromatic heterocycles. The number of benzene rings is 2. The summed E-state index contributed by atoms with van der Waals surface area (Å²) in [6, 6.07) is 12.5. The predicted molar refractivity (Wildman–Crippen MR) is 161 cm³/mol. The topological polar surface area (TPSA) is 154 Å². The molecule has 6 N–H and O–H groups in total. The molecule has 0 atom stereocenters. The summed E-state index contributed by atoms with van der Waals surface area (Å²) >= 11 is 0. The normalized spacial score (nSPS) is 10.9. The third-order valence-corrected chi connectivity index (χ3v) is 5.80. The van der Waals surface area contributed by atoms with Crippen molar-refractivity contribution < 1.29 is 9.59 Å². The van der Waals surface area contributed by atoms with Crippen LogP contribution >= 0.6 is 0 Å². The Morgan fingerprint density at radius 2 is 1.90 bits per heavy atom. The van der Waals surface area contributed by atoms with Crippen LogP contribution in [-0.2, 0) is 11.3 Å². The summed E-state index contributed by atoms with van der Waals surface area (Å²) in [4.78, 5) is 42.1. The zero-order chi connectivity index (χ0) is 29.2. The maximum atomic E-state index is 12.0. The van der Waals surface area contributed by atoms with Gasteiger partial charge in [0.1, 0.15) is 11.6 Å². The molecule has 0 aliphatic heterocycles. The van der Waals surface area contributed by atoms with E-state index in [-0.39, 0.29) is 5.91 Å². The van der Waals surface area contributed by atoms with Crippen molar-refractivity contribution in [2.45, 2.75) is 19.9 Å². The van der Waals surface area contributed by atoms with E-state index in [9.17, 15) is 9.59 Å². The summed E-state index contributed by atoms with van der Waals surface area (Å²) in [6.07, 6.45) is 5.91. The van der Waals surface area contributed by atoms with Gasteiger partial charge in [-0.3, -0.25) is 9.59 Å². The Hall–Kier alpha value is -5.21. The first-order chi connectivity index (χ1) is 19.8. The molecular weight excluding hydrogens is 518 g/mol. The lowest BCUT2D eigenvalue weighted by atomic mass is 10.2. The van der Waals surface area contributed by atoms with Crippen molar-refractivity contribution in [3.05, 3.63) is 83.3 Å². The highest BCUT2D eigenvalue weighted by molar-refractivity contribution is 5.93. The first-order valence-electron chi connectivity index (χ1n) is 13.2. The summed E-state index contributed by atoms with van der Waals surface area (Å²) < 4.78 is 0. The number of nitrogens with two attached hydrogens (primary N) is 1. The van der Waals surface area contributed by atoms with Crippen molar-refractivity contribution in [2.75, 3.05) is 37.8 Å². The first-order valence-corrected chi connectivity index (χ1v) is 13.2. The van der Waals surface area contributed by atoms with Gasteiger partial charge in [0.05, 0.1) is 29.3 Å². The maximum Gasteiger partial charge on any atom is 0.248 e. The summed E-state index contributed by atoms with van der Waals surface area (Å²) in [5.41, 5.74) is 9.52. The van der Waals surface area contributed by atoms with Gasteiger partial charge in [-0.25, -0.2) is 9.97 Å². The summed E-state index contributed by atoms with van der Waals surface area (Å²) in [5.74, 6) is 7.37. The van der Waals surface area contributed by atoms with Gasteiger partial charge < -0.3 is 31.6 Å². The molecule has 0 spiro atoms. The maximum absolute atomic E-state index is 12.0. The second-order valence-electron chi connectivity index (χ2n) is 9.50. The number of imidazole rings is 1. The molecule has 2 amide bonds. The number of carbonyl (C=O) groups excluding carboxylic acids is 2. The number of hydrogen-bond acceptors (Lipinski definition) is 8. The van der Waals surface area contributed by atoms with Crippen molar-refractivity contribution in [3.63, 3.8) is 0 Å². The molecule has 2 heterocycles. The largest absolute Gasteiger partial charge is 0.369 e. The lowest BCUT2D eigenvalue weighted by Gasteiger charge is -2.10. The molecule has 41 heavy (non-hydrogen) atoms. The van der Waals surface area contributed by atoms with E-state index in [4.69, 9.17) is 5.73 Å². The third-order valence-electron chi connectivity index (χ3n) is 5.80. The molecule has 210 valence electrons. The zero-order valence-electron chi connectivity index (χ0n) is 23.3. The van der Waals surface area contributed by atoms with E-state index in [2.05, 4.69) is 54.7 Å². The van der Waals surface area contributed by atoms with Crippen LogP contribution in [0.2, 0.25) is 0 Å². The van der Waals surface area contributed by atoms with Gasteiger partial charge in [-0.15, -0.1) is 0 Å². The predicted octanol–water partition coefficient (Wildman–Crippen LogP) is 3.15. The molecule has 4 aromatic rings. The van der Waals surface area contributed by atoms with E-state index in [1.165, 1.54) is 6.08 Å². The lowest BCUT2D eigenvalue weighted by Crippen LogP contribution is -2.21. The SMILES string of the molecule is CCCNc1nc(Nc2ccc(C(N)=O)cc2)ncc1C#Cc1ccc2nc(CNC(=O)/C=C/CN(C)C)[nH]c2c1. The number of nitrogens with one attached hydrogen (secondary N) is 4. The number of fused-ring (bicyclic) bond motifs is 1. The number of anilines is 3. The molecular formula is C30H33N9O2. The van der Waals surface area contributed by atoms with Crippen LogP contribution in [0.25, 0.3) is 11.0 Å². The minimum atomic E-state index is -0.485. The van der Waals surface area contributed by atoms with Gasteiger partial charge in [0.25, 0.3) is 0 Å². The molecule has 4 rings (SSSR count). The molecule has 0 aliphatic carbocycles. The molecule has 2 aromatic carbocycles. The lowest BCUT2D eigenvalue weighted by molar-refractivity contribution is -0.116. The minimum Gasteiger partial charge on any atom is -0.369 e. The number of aromatic nitrogens is 4. The van der Waals surface area contributed by atoms with Crippen LogP contribution in [0, 0.1) is 11.8 Å². The Labute approximate surface area is 238 Å². The van der Waals surface area contributed by atoms with Gasteiger partial charge in [-0.1, -0.05) is 24.8 Å². The second kappa shape index (κ2) is 13.7. The van der Waals surface area contributed by atoms with E-state index in [0.29, 0.717) is 41.8 Å². The Balaban J connectivity index is 1.47. The van der Waals surface area contributed by atoms with Crippen LogP contribution in [-0.4, -0.2) is 63.8 Å². The van der Waals surface area contributed by atoms with E-state index in [1.807, 2.05) is 43.3 Å². The van der Waals surface area contributed by atoms with Gasteiger partial charge in [-0.05, 0) is 63.0 Å². The molecule has 0 aliphatic rings. The van der Waals surface area contributed by atoms with Crippen molar-refractivity contribution in [3.8, 4) is 11.8 Å². The number of hydrogen-bond donors (Lipinski definition) is 5. The number of rotatable bonds is 11. The Morgan fingerprint density at radius 1 is 1.10 bits per heavy atom. The fraction of sp³-hybridized carbons (Fsp3) is 0.233. The van der Waals surface area contributed by atoms with Crippen molar-refractivity contribution >= 4 is 40.3 Å². The van der Waals surface area contributed by atoms with Gasteiger partial charge in [0, 0.05) is 36.0 Å². The fourth-order valence-electron chi connectivity index (χ4n) is 3.72. The number of aromatic amines is 1. The van der Waals surface area contributed by atoms with E-state index < -0.39 is 5.91 Å². The first kappa shape index (κ1) is 28.8. The van der Waals surface area contributed by atoms with E-state index >= 15 is 0 Å². The molecule has 11 heteroatoms. The number of nitrogens with zero attached hydrogens (tertiary/aromatic N) is 4. The quantitative estimate of drug-likeness (QED) is 0.141. The number of carbonyl (C=O) groups is 2. The number of likely N-dealkylation sites (N-methyl/N-ethyl adjacent to an activating group) is 1.